The zero-order chi connectivity index (χ0) is 9.26. The molecule has 1 aromatic rings. The standard InChI is InChI=1S/C12H17N/c1-9-11-6-4-3-5-10(11)7-8-12(9)13-2/h3-6,9,12-13H,7-8H2,1-2H3/t9-,12+/m0/s1. The van der Waals surface area contributed by atoms with Gasteiger partial charge in [-0.1, -0.05) is 31.2 Å². The first kappa shape index (κ1) is 8.76. The molecule has 1 aliphatic rings. The van der Waals surface area contributed by atoms with Gasteiger partial charge in [0.2, 0.25) is 0 Å². The third kappa shape index (κ3) is 1.49. The molecule has 0 bridgehead atoms. The molecule has 1 aromatic carbocycles. The van der Waals surface area contributed by atoms with Crippen molar-refractivity contribution in [3.8, 4) is 0 Å². The molecular weight excluding hydrogens is 158 g/mol. The van der Waals surface area contributed by atoms with E-state index < -0.39 is 0 Å². The quantitative estimate of drug-likeness (QED) is 0.690. The average molecular weight is 175 g/mol. The first-order chi connectivity index (χ1) is 6.33. The highest BCUT2D eigenvalue weighted by atomic mass is 14.9. The fourth-order valence-electron chi connectivity index (χ4n) is 2.38. The molecule has 1 nitrogen and oxygen atoms in total. The summed E-state index contributed by atoms with van der Waals surface area (Å²) >= 11 is 0. The Morgan fingerprint density at radius 2 is 2.08 bits per heavy atom. The summed E-state index contributed by atoms with van der Waals surface area (Å²) in [5.74, 6) is 0.662. The van der Waals surface area contributed by atoms with Gasteiger partial charge in [0.25, 0.3) is 0 Å². The normalized spacial score (nSPS) is 26.9. The minimum atomic E-state index is 0.662. The second-order valence-corrected chi connectivity index (χ2v) is 3.92. The van der Waals surface area contributed by atoms with E-state index in [9.17, 15) is 0 Å². The minimum Gasteiger partial charge on any atom is -0.316 e. The van der Waals surface area contributed by atoms with E-state index in [4.69, 9.17) is 0 Å². The van der Waals surface area contributed by atoms with Crippen molar-refractivity contribution in [1.82, 2.24) is 5.32 Å². The number of rotatable bonds is 1. The molecule has 0 saturated heterocycles. The Balaban J connectivity index is 2.33. The highest BCUT2D eigenvalue weighted by molar-refractivity contribution is 5.33. The molecule has 2 rings (SSSR count). The lowest BCUT2D eigenvalue weighted by atomic mass is 9.80. The molecule has 0 aromatic heterocycles. The van der Waals surface area contributed by atoms with E-state index in [1.165, 1.54) is 18.4 Å². The third-order valence-electron chi connectivity index (χ3n) is 3.24. The van der Waals surface area contributed by atoms with Crippen LogP contribution in [0.25, 0.3) is 0 Å². The monoisotopic (exact) mass is 175 g/mol. The maximum absolute atomic E-state index is 3.39. The first-order valence-corrected chi connectivity index (χ1v) is 5.08. The number of fused-ring (bicyclic) bond motifs is 1. The lowest BCUT2D eigenvalue weighted by Gasteiger charge is -2.30. The fraction of sp³-hybridized carbons (Fsp3) is 0.500. The van der Waals surface area contributed by atoms with Crippen LogP contribution < -0.4 is 5.32 Å². The van der Waals surface area contributed by atoms with Gasteiger partial charge in [0.05, 0.1) is 0 Å². The molecule has 0 radical (unpaired) electrons. The van der Waals surface area contributed by atoms with Gasteiger partial charge in [0.1, 0.15) is 0 Å². The van der Waals surface area contributed by atoms with Crippen LogP contribution in [-0.2, 0) is 6.42 Å². The molecule has 1 aliphatic carbocycles. The van der Waals surface area contributed by atoms with E-state index in [-0.39, 0.29) is 0 Å². The predicted octanol–water partition coefficient (Wildman–Crippen LogP) is 2.32. The first-order valence-electron chi connectivity index (χ1n) is 5.08. The SMILES string of the molecule is CN[C@@H]1CCc2ccccc2[C@@H]1C. The molecule has 1 heteroatoms. The number of benzene rings is 1. The topological polar surface area (TPSA) is 12.0 Å². The van der Waals surface area contributed by atoms with Crippen molar-refractivity contribution in [1.29, 1.82) is 0 Å². The maximum atomic E-state index is 3.39. The lowest BCUT2D eigenvalue weighted by molar-refractivity contribution is 0.432. The molecule has 1 N–H and O–H groups in total. The molecule has 0 fully saturated rings. The van der Waals surface area contributed by atoms with E-state index in [1.807, 2.05) is 0 Å². The van der Waals surface area contributed by atoms with Crippen LogP contribution in [0.4, 0.5) is 0 Å². The molecule has 13 heavy (non-hydrogen) atoms. The molecule has 0 unspecified atom stereocenters. The molecule has 0 heterocycles. The van der Waals surface area contributed by atoms with Gasteiger partial charge in [-0.15, -0.1) is 0 Å². The molecule has 0 spiro atoms. The van der Waals surface area contributed by atoms with Crippen molar-refractivity contribution >= 4 is 0 Å². The van der Waals surface area contributed by atoms with Crippen LogP contribution in [0.1, 0.15) is 30.4 Å². The Morgan fingerprint density at radius 3 is 2.85 bits per heavy atom. The summed E-state index contributed by atoms with van der Waals surface area (Å²) in [5.41, 5.74) is 3.08. The van der Waals surface area contributed by atoms with Crippen molar-refractivity contribution in [2.45, 2.75) is 31.7 Å². The van der Waals surface area contributed by atoms with E-state index in [0.29, 0.717) is 12.0 Å². The zero-order valence-electron chi connectivity index (χ0n) is 8.38. The van der Waals surface area contributed by atoms with Gasteiger partial charge < -0.3 is 5.32 Å². The van der Waals surface area contributed by atoms with Crippen LogP contribution in [0, 0.1) is 0 Å². The van der Waals surface area contributed by atoms with Gasteiger partial charge >= 0.3 is 0 Å². The Hall–Kier alpha value is -0.820. The number of hydrogen-bond donors (Lipinski definition) is 1. The van der Waals surface area contributed by atoms with Crippen molar-refractivity contribution in [3.63, 3.8) is 0 Å². The highest BCUT2D eigenvalue weighted by Gasteiger charge is 2.23. The van der Waals surface area contributed by atoms with Crippen molar-refractivity contribution < 1.29 is 0 Å². The molecule has 0 saturated carbocycles. The van der Waals surface area contributed by atoms with Crippen LogP contribution in [-0.4, -0.2) is 13.1 Å². The third-order valence-corrected chi connectivity index (χ3v) is 3.24. The van der Waals surface area contributed by atoms with E-state index in [2.05, 4.69) is 43.6 Å². The predicted molar refractivity (Wildman–Crippen MR) is 56.0 cm³/mol. The van der Waals surface area contributed by atoms with Crippen molar-refractivity contribution in [2.75, 3.05) is 7.05 Å². The largest absolute Gasteiger partial charge is 0.316 e. The van der Waals surface area contributed by atoms with Gasteiger partial charge in [-0.05, 0) is 36.9 Å². The van der Waals surface area contributed by atoms with Crippen LogP contribution in [0.5, 0.6) is 0 Å². The number of hydrogen-bond acceptors (Lipinski definition) is 1. The van der Waals surface area contributed by atoms with Gasteiger partial charge in [0, 0.05) is 6.04 Å². The molecule has 0 aliphatic heterocycles. The summed E-state index contributed by atoms with van der Waals surface area (Å²) in [7, 11) is 2.06. The van der Waals surface area contributed by atoms with E-state index in [1.54, 1.807) is 5.56 Å². The van der Waals surface area contributed by atoms with Crippen LogP contribution in [0.3, 0.4) is 0 Å². The molecule has 0 amide bonds. The van der Waals surface area contributed by atoms with Gasteiger partial charge in [-0.3, -0.25) is 0 Å². The van der Waals surface area contributed by atoms with Crippen LogP contribution >= 0.6 is 0 Å². The second kappa shape index (κ2) is 3.51. The Morgan fingerprint density at radius 1 is 1.31 bits per heavy atom. The van der Waals surface area contributed by atoms with Crippen molar-refractivity contribution in [3.05, 3.63) is 35.4 Å². The Bertz CT molecular complexity index is 293. The summed E-state index contributed by atoms with van der Waals surface area (Å²) in [4.78, 5) is 0. The van der Waals surface area contributed by atoms with E-state index in [0.717, 1.165) is 0 Å². The smallest absolute Gasteiger partial charge is 0.0133 e. The maximum Gasteiger partial charge on any atom is 0.0133 e. The average Bonchev–Trinajstić information content (AvgIpc) is 2.19. The summed E-state index contributed by atoms with van der Waals surface area (Å²) in [6.45, 7) is 2.32. The number of likely N-dealkylation sites (N-methyl/N-ethyl adjacent to an activating group) is 1. The summed E-state index contributed by atoms with van der Waals surface area (Å²) in [5, 5.41) is 3.39. The molecule has 2 atom stereocenters. The van der Waals surface area contributed by atoms with Gasteiger partial charge in [-0.2, -0.15) is 0 Å². The number of aryl methyl sites for hydroxylation is 1. The zero-order valence-corrected chi connectivity index (χ0v) is 8.38. The fourth-order valence-corrected chi connectivity index (χ4v) is 2.38. The number of nitrogens with one attached hydrogen (secondary N) is 1. The lowest BCUT2D eigenvalue weighted by Crippen LogP contribution is -2.34. The summed E-state index contributed by atoms with van der Waals surface area (Å²) < 4.78 is 0. The Labute approximate surface area is 80.2 Å². The van der Waals surface area contributed by atoms with Crippen LogP contribution in [0.2, 0.25) is 0 Å². The van der Waals surface area contributed by atoms with Gasteiger partial charge in [0.15, 0.2) is 0 Å². The highest BCUT2D eigenvalue weighted by Crippen LogP contribution is 2.30. The summed E-state index contributed by atoms with van der Waals surface area (Å²) in [6, 6.07) is 9.48. The van der Waals surface area contributed by atoms with Crippen LogP contribution in [0.15, 0.2) is 24.3 Å². The Kier molecular flexibility index (Phi) is 2.36. The van der Waals surface area contributed by atoms with E-state index >= 15 is 0 Å². The van der Waals surface area contributed by atoms with Crippen molar-refractivity contribution in [2.24, 2.45) is 0 Å². The minimum absolute atomic E-state index is 0.662. The second-order valence-electron chi connectivity index (χ2n) is 3.92. The molecular formula is C12H17N. The summed E-state index contributed by atoms with van der Waals surface area (Å²) in [6.07, 6.45) is 2.50. The van der Waals surface area contributed by atoms with Gasteiger partial charge in [-0.25, -0.2) is 0 Å². The molecule has 70 valence electrons.